The van der Waals surface area contributed by atoms with Crippen molar-refractivity contribution in [3.8, 4) is 28.3 Å². The molecule has 3 aromatic heterocycles. The van der Waals surface area contributed by atoms with Crippen molar-refractivity contribution < 1.29 is 14.3 Å². The van der Waals surface area contributed by atoms with Crippen LogP contribution in [0.1, 0.15) is 36.9 Å². The number of benzene rings is 1. The first kappa shape index (κ1) is 28.1. The summed E-state index contributed by atoms with van der Waals surface area (Å²) in [6.07, 6.45) is 6.90. The van der Waals surface area contributed by atoms with Gasteiger partial charge in [0, 0.05) is 80.2 Å². The van der Waals surface area contributed by atoms with Crippen LogP contribution < -0.4 is 26.0 Å². The Balaban J connectivity index is 1.15. The molecule has 218 valence electrons. The summed E-state index contributed by atoms with van der Waals surface area (Å²) in [4.78, 5) is 32.4. The molecule has 2 saturated heterocycles. The van der Waals surface area contributed by atoms with Crippen molar-refractivity contribution in [3.63, 3.8) is 0 Å². The number of aromatic nitrogens is 3. The summed E-state index contributed by atoms with van der Waals surface area (Å²) < 4.78 is 7.61. The highest BCUT2D eigenvalue weighted by Crippen LogP contribution is 2.37. The minimum atomic E-state index is 0.111. The molecule has 6 rings (SSSR count). The van der Waals surface area contributed by atoms with E-state index in [9.17, 15) is 9.59 Å². The number of halogens is 1. The molecule has 2 aliphatic heterocycles. The summed E-state index contributed by atoms with van der Waals surface area (Å²) in [6, 6.07) is 14.3. The van der Waals surface area contributed by atoms with Crippen LogP contribution in [0.4, 0.5) is 0 Å². The summed E-state index contributed by atoms with van der Waals surface area (Å²) >= 11 is 6.98. The predicted molar refractivity (Wildman–Crippen MR) is 161 cm³/mol. The van der Waals surface area contributed by atoms with Crippen LogP contribution in [0.2, 0.25) is 5.02 Å². The molecule has 0 bridgehead atoms. The molecule has 2 atom stereocenters. The highest BCUT2D eigenvalue weighted by molar-refractivity contribution is 6.36. The number of imidazole rings is 1. The molecule has 0 spiro atoms. The number of amides is 2. The average molecular weight is 588 g/mol. The summed E-state index contributed by atoms with van der Waals surface area (Å²) in [7, 11) is 1.61. The number of nitrogens with one attached hydrogen (secondary N) is 4. The van der Waals surface area contributed by atoms with Crippen LogP contribution in [-0.4, -0.2) is 58.5 Å². The van der Waals surface area contributed by atoms with Gasteiger partial charge in [-0.25, -0.2) is 9.97 Å². The van der Waals surface area contributed by atoms with E-state index in [1.807, 2.05) is 59.3 Å². The Hall–Kier alpha value is -3.99. The SMILES string of the molecule is COc1nc(-c2cccc(-c3ccn4cc(CNC[C@@H]5CCC(=O)N5)nc4c3)c2Cl)ccc1CNC[C@@H]1CCC(=O)N1. The lowest BCUT2D eigenvalue weighted by molar-refractivity contribution is -0.120. The second kappa shape index (κ2) is 12.5. The molecule has 4 N–H and O–H groups in total. The van der Waals surface area contributed by atoms with Gasteiger partial charge in [-0.1, -0.05) is 35.9 Å². The van der Waals surface area contributed by atoms with Gasteiger partial charge in [-0.3, -0.25) is 9.59 Å². The normalized spacial score (nSPS) is 18.4. The first-order chi connectivity index (χ1) is 20.5. The second-order valence-corrected chi connectivity index (χ2v) is 11.2. The largest absolute Gasteiger partial charge is 0.481 e. The fraction of sp³-hybridized carbons (Fsp3) is 0.355. The molecule has 0 radical (unpaired) electrons. The molecule has 0 unspecified atom stereocenters. The summed E-state index contributed by atoms with van der Waals surface area (Å²) in [5.74, 6) is 0.767. The van der Waals surface area contributed by atoms with Gasteiger partial charge in [0.15, 0.2) is 0 Å². The van der Waals surface area contributed by atoms with E-state index in [1.54, 1.807) is 7.11 Å². The number of hydrogen-bond acceptors (Lipinski definition) is 7. The standard InChI is InChI=1S/C31H34ClN7O3/c1-42-31-20(14-33-15-21-6-9-28(40)36-21)5-8-26(38-31)25-4-2-3-24(30(25)32)19-11-12-39-18-23(35-27(39)13-19)17-34-16-22-7-10-29(41)37-22/h2-5,8,11-13,18,21-22,33-34H,6-7,9-10,14-17H2,1H3,(H,36,40)(H,37,41)/t21-,22-/m0/s1. The van der Waals surface area contributed by atoms with Gasteiger partial charge in [0.25, 0.3) is 0 Å². The van der Waals surface area contributed by atoms with Gasteiger partial charge in [-0.2, -0.15) is 0 Å². The molecule has 4 aromatic rings. The van der Waals surface area contributed by atoms with Crippen molar-refractivity contribution in [1.82, 2.24) is 35.6 Å². The van der Waals surface area contributed by atoms with Gasteiger partial charge in [0.1, 0.15) is 5.65 Å². The van der Waals surface area contributed by atoms with E-state index < -0.39 is 0 Å². The van der Waals surface area contributed by atoms with Crippen LogP contribution in [0.3, 0.4) is 0 Å². The maximum absolute atomic E-state index is 11.4. The molecular weight excluding hydrogens is 554 g/mol. The molecule has 2 amide bonds. The monoisotopic (exact) mass is 587 g/mol. The molecule has 2 aliphatic rings. The van der Waals surface area contributed by atoms with E-state index in [1.165, 1.54) is 0 Å². The van der Waals surface area contributed by atoms with Crippen LogP contribution >= 0.6 is 11.6 Å². The van der Waals surface area contributed by atoms with Crippen LogP contribution in [0.15, 0.2) is 54.9 Å². The molecule has 2 fully saturated rings. The Kier molecular flexibility index (Phi) is 8.36. The zero-order valence-corrected chi connectivity index (χ0v) is 24.2. The van der Waals surface area contributed by atoms with E-state index >= 15 is 0 Å². The van der Waals surface area contributed by atoms with Crippen LogP contribution in [0.5, 0.6) is 5.88 Å². The lowest BCUT2D eigenvalue weighted by Crippen LogP contribution is -2.35. The zero-order valence-electron chi connectivity index (χ0n) is 23.5. The smallest absolute Gasteiger partial charge is 0.220 e. The van der Waals surface area contributed by atoms with Crippen molar-refractivity contribution in [2.45, 2.75) is 50.9 Å². The Morgan fingerprint density at radius 3 is 2.36 bits per heavy atom. The van der Waals surface area contributed by atoms with Crippen molar-refractivity contribution in [2.75, 3.05) is 20.2 Å². The van der Waals surface area contributed by atoms with E-state index in [2.05, 4.69) is 21.3 Å². The fourth-order valence-corrected chi connectivity index (χ4v) is 5.92. The Morgan fingerprint density at radius 1 is 0.952 bits per heavy atom. The first-order valence-corrected chi connectivity index (χ1v) is 14.7. The predicted octanol–water partition coefficient (Wildman–Crippen LogP) is 3.46. The Morgan fingerprint density at radius 2 is 1.67 bits per heavy atom. The quantitative estimate of drug-likeness (QED) is 0.212. The van der Waals surface area contributed by atoms with E-state index in [-0.39, 0.29) is 23.9 Å². The number of ether oxygens (including phenoxy) is 1. The number of hydrogen-bond donors (Lipinski definition) is 4. The number of carbonyl (C=O) groups is 2. The average Bonchev–Trinajstić information content (AvgIpc) is 3.72. The Labute approximate surface area is 249 Å². The number of methoxy groups -OCH3 is 1. The van der Waals surface area contributed by atoms with Crippen LogP contribution in [0.25, 0.3) is 28.0 Å². The molecule has 0 aliphatic carbocycles. The van der Waals surface area contributed by atoms with Gasteiger partial charge in [0.2, 0.25) is 17.7 Å². The van der Waals surface area contributed by atoms with Crippen molar-refractivity contribution in [1.29, 1.82) is 0 Å². The number of nitrogens with zero attached hydrogens (tertiary/aromatic N) is 3. The van der Waals surface area contributed by atoms with Crippen LogP contribution in [0, 0.1) is 0 Å². The minimum absolute atomic E-state index is 0.111. The van der Waals surface area contributed by atoms with E-state index in [0.29, 0.717) is 43.4 Å². The van der Waals surface area contributed by atoms with E-state index in [0.717, 1.165) is 58.7 Å². The third-order valence-electron chi connectivity index (χ3n) is 7.80. The third kappa shape index (κ3) is 6.25. The first-order valence-electron chi connectivity index (χ1n) is 14.3. The molecule has 42 heavy (non-hydrogen) atoms. The van der Waals surface area contributed by atoms with Crippen molar-refractivity contribution in [2.24, 2.45) is 0 Å². The van der Waals surface area contributed by atoms with Gasteiger partial charge in [0.05, 0.1) is 23.5 Å². The highest BCUT2D eigenvalue weighted by Gasteiger charge is 2.21. The highest BCUT2D eigenvalue weighted by atomic mass is 35.5. The summed E-state index contributed by atoms with van der Waals surface area (Å²) in [5.41, 5.74) is 6.07. The third-order valence-corrected chi connectivity index (χ3v) is 8.21. The van der Waals surface area contributed by atoms with Crippen molar-refractivity contribution >= 4 is 29.1 Å². The maximum atomic E-state index is 11.4. The van der Waals surface area contributed by atoms with Crippen molar-refractivity contribution in [3.05, 3.63) is 71.1 Å². The number of pyridine rings is 2. The second-order valence-electron chi connectivity index (χ2n) is 10.8. The molecule has 1 aromatic carbocycles. The lowest BCUT2D eigenvalue weighted by Gasteiger charge is -2.14. The fourth-order valence-electron chi connectivity index (χ4n) is 5.59. The summed E-state index contributed by atoms with van der Waals surface area (Å²) in [6.45, 7) is 2.62. The number of carbonyl (C=O) groups excluding carboxylic acids is 2. The minimum Gasteiger partial charge on any atom is -0.481 e. The molecule has 5 heterocycles. The van der Waals surface area contributed by atoms with Gasteiger partial charge in [-0.05, 0) is 36.6 Å². The van der Waals surface area contributed by atoms with Gasteiger partial charge in [-0.15, -0.1) is 0 Å². The lowest BCUT2D eigenvalue weighted by atomic mass is 10.0. The van der Waals surface area contributed by atoms with E-state index in [4.69, 9.17) is 26.3 Å². The Bertz CT molecular complexity index is 1620. The maximum Gasteiger partial charge on any atom is 0.220 e. The van der Waals surface area contributed by atoms with Gasteiger partial charge < -0.3 is 30.4 Å². The van der Waals surface area contributed by atoms with Crippen LogP contribution in [-0.2, 0) is 22.7 Å². The summed E-state index contributed by atoms with van der Waals surface area (Å²) in [5, 5.41) is 13.3. The number of fused-ring (bicyclic) bond motifs is 1. The van der Waals surface area contributed by atoms with Gasteiger partial charge >= 0.3 is 0 Å². The molecule has 10 nitrogen and oxygen atoms in total. The zero-order chi connectivity index (χ0) is 29.1. The topological polar surface area (TPSA) is 122 Å². The molecule has 11 heteroatoms. The molecule has 0 saturated carbocycles. The molecular formula is C31H34ClN7O3. The number of rotatable bonds is 11.